The number of nitrogens with zero attached hydrogens (tertiary/aromatic N) is 4. The maximum Gasteiger partial charge on any atom is 0.331 e. The Morgan fingerprint density at radius 1 is 1.21 bits per heavy atom. The summed E-state index contributed by atoms with van der Waals surface area (Å²) in [6.45, 7) is 6.10. The Morgan fingerprint density at radius 3 is 2.67 bits per heavy atom. The number of H-pyrrole nitrogens is 1. The van der Waals surface area contributed by atoms with Crippen molar-refractivity contribution >= 4 is 22.6 Å². The number of nitrogens with one attached hydrogen (secondary N) is 2. The molecule has 3 aromatic heterocycles. The van der Waals surface area contributed by atoms with Gasteiger partial charge in [-0.3, -0.25) is 23.8 Å². The highest BCUT2D eigenvalue weighted by atomic mass is 19.1. The first-order valence-electron chi connectivity index (χ1n) is 13.8. The quantitative estimate of drug-likeness (QED) is 0.240. The summed E-state index contributed by atoms with van der Waals surface area (Å²) in [6, 6.07) is 4.78. The predicted octanol–water partition coefficient (Wildman–Crippen LogP) is 3.36. The zero-order chi connectivity index (χ0) is 30.0. The first-order valence-corrected chi connectivity index (χ1v) is 13.8. The Morgan fingerprint density at radius 2 is 1.98 bits per heavy atom. The van der Waals surface area contributed by atoms with E-state index in [2.05, 4.69) is 20.5 Å². The first kappa shape index (κ1) is 29.1. The van der Waals surface area contributed by atoms with Crippen LogP contribution in [0.15, 0.2) is 46.2 Å². The van der Waals surface area contributed by atoms with Gasteiger partial charge in [0.05, 0.1) is 12.2 Å². The fourth-order valence-corrected chi connectivity index (χ4v) is 4.94. The Bertz CT molecular complexity index is 1720. The molecular formula is C29H33FN6O6. The molecule has 0 spiro atoms. The normalized spacial score (nSPS) is 14.8. The molecule has 0 aliphatic carbocycles. The second kappa shape index (κ2) is 12.2. The lowest BCUT2D eigenvalue weighted by molar-refractivity contribution is 0.0667. The zero-order valence-corrected chi connectivity index (χ0v) is 23.6. The number of aliphatic hydroxyl groups excluding tert-OH is 1. The van der Waals surface area contributed by atoms with E-state index < -0.39 is 22.8 Å². The average Bonchev–Trinajstić information content (AvgIpc) is 3.38. The van der Waals surface area contributed by atoms with Crippen LogP contribution in [0.25, 0.3) is 11.0 Å². The Balaban J connectivity index is 1.41. The highest BCUT2D eigenvalue weighted by Crippen LogP contribution is 2.34. The van der Waals surface area contributed by atoms with Gasteiger partial charge in [0.1, 0.15) is 11.1 Å². The van der Waals surface area contributed by atoms with Crippen molar-refractivity contribution in [3.05, 3.63) is 74.4 Å². The lowest BCUT2D eigenvalue weighted by Crippen LogP contribution is -2.46. The van der Waals surface area contributed by atoms with E-state index in [4.69, 9.17) is 9.47 Å². The first-order chi connectivity index (χ1) is 20.2. The molecular weight excluding hydrogens is 547 g/mol. The van der Waals surface area contributed by atoms with Gasteiger partial charge in [0.25, 0.3) is 5.56 Å². The minimum Gasteiger partial charge on any atom is -0.453 e. The summed E-state index contributed by atoms with van der Waals surface area (Å²) in [4.78, 5) is 44.1. The molecule has 222 valence electrons. The van der Waals surface area contributed by atoms with Gasteiger partial charge in [-0.05, 0) is 51.3 Å². The number of carbonyl (C=O) groups excluding carboxylic acids is 1. The van der Waals surface area contributed by atoms with Crippen molar-refractivity contribution in [3.63, 3.8) is 0 Å². The number of halogens is 1. The molecule has 4 heterocycles. The Kier molecular flexibility index (Phi) is 8.50. The molecule has 13 heteroatoms. The third-order valence-corrected chi connectivity index (χ3v) is 7.22. The van der Waals surface area contributed by atoms with Crippen molar-refractivity contribution in [2.24, 2.45) is 0 Å². The molecule has 5 rings (SSSR count). The van der Waals surface area contributed by atoms with Crippen LogP contribution < -0.4 is 21.3 Å². The van der Waals surface area contributed by atoms with E-state index in [9.17, 15) is 19.5 Å². The smallest absolute Gasteiger partial charge is 0.331 e. The molecule has 1 aliphatic rings. The molecule has 3 N–H and O–H groups in total. The van der Waals surface area contributed by atoms with Crippen molar-refractivity contribution in [1.29, 1.82) is 0 Å². The lowest BCUT2D eigenvalue weighted by atomic mass is 10.0. The summed E-state index contributed by atoms with van der Waals surface area (Å²) in [5.41, 5.74) is -0.468. The SMILES string of the molecule is CC(C)n1cc(C(=O)Cc2ccc(Oc3ccnc4[nH]nc(N[C@H](C)CO)c34)c(F)c2)c(=O)n(C2CCOCC2)c1=O. The van der Waals surface area contributed by atoms with Crippen LogP contribution >= 0.6 is 0 Å². The van der Waals surface area contributed by atoms with Crippen molar-refractivity contribution < 1.29 is 23.8 Å². The monoisotopic (exact) mass is 580 g/mol. The van der Waals surface area contributed by atoms with Gasteiger partial charge in [-0.1, -0.05) is 6.07 Å². The summed E-state index contributed by atoms with van der Waals surface area (Å²) in [6.07, 6.45) is 3.55. The van der Waals surface area contributed by atoms with E-state index in [1.54, 1.807) is 32.9 Å². The highest BCUT2D eigenvalue weighted by molar-refractivity contribution is 5.97. The van der Waals surface area contributed by atoms with Gasteiger partial charge in [-0.15, -0.1) is 0 Å². The molecule has 42 heavy (non-hydrogen) atoms. The topological polar surface area (TPSA) is 153 Å². The number of fused-ring (bicyclic) bond motifs is 1. The number of benzene rings is 1. The van der Waals surface area contributed by atoms with Crippen molar-refractivity contribution in [2.45, 2.75) is 58.2 Å². The number of Topliss-reactive ketones (excluding diaryl/α,β-unsaturated/α-hetero) is 1. The van der Waals surface area contributed by atoms with Gasteiger partial charge in [-0.25, -0.2) is 14.2 Å². The van der Waals surface area contributed by atoms with Crippen molar-refractivity contribution in [2.75, 3.05) is 25.1 Å². The Labute approximate surface area is 240 Å². The van der Waals surface area contributed by atoms with Gasteiger partial charge >= 0.3 is 5.69 Å². The van der Waals surface area contributed by atoms with Gasteiger partial charge in [-0.2, -0.15) is 5.10 Å². The molecule has 0 bridgehead atoms. The van der Waals surface area contributed by atoms with Gasteiger partial charge in [0, 0.05) is 56.2 Å². The minimum absolute atomic E-state index is 0.0868. The molecule has 1 aliphatic heterocycles. The molecule has 12 nitrogen and oxygen atoms in total. The number of hydrogen-bond acceptors (Lipinski definition) is 9. The summed E-state index contributed by atoms with van der Waals surface area (Å²) in [5.74, 6) is -0.638. The molecule has 0 saturated carbocycles. The van der Waals surface area contributed by atoms with Gasteiger partial charge < -0.3 is 19.9 Å². The van der Waals surface area contributed by atoms with Crippen LogP contribution in [-0.2, 0) is 11.2 Å². The van der Waals surface area contributed by atoms with Crippen LogP contribution in [0.3, 0.4) is 0 Å². The van der Waals surface area contributed by atoms with Crippen LogP contribution in [-0.4, -0.2) is 61.1 Å². The molecule has 0 radical (unpaired) electrons. The molecule has 1 atom stereocenters. The lowest BCUT2D eigenvalue weighted by Gasteiger charge is -2.25. The number of carbonyl (C=O) groups is 1. The average molecular weight is 581 g/mol. The highest BCUT2D eigenvalue weighted by Gasteiger charge is 2.25. The maximum absolute atomic E-state index is 15.2. The van der Waals surface area contributed by atoms with E-state index >= 15 is 4.39 Å². The third kappa shape index (κ3) is 5.83. The largest absolute Gasteiger partial charge is 0.453 e. The van der Waals surface area contributed by atoms with E-state index in [1.165, 1.54) is 33.7 Å². The number of ether oxygens (including phenoxy) is 2. The molecule has 1 fully saturated rings. The van der Waals surface area contributed by atoms with E-state index in [0.717, 1.165) is 0 Å². The van der Waals surface area contributed by atoms with Crippen LogP contribution in [0, 0.1) is 5.82 Å². The number of aromatic amines is 1. The van der Waals surface area contributed by atoms with E-state index in [1.807, 2.05) is 0 Å². The molecule has 4 aromatic rings. The van der Waals surface area contributed by atoms with Crippen LogP contribution in [0.5, 0.6) is 11.5 Å². The van der Waals surface area contributed by atoms with Gasteiger partial charge in [0.15, 0.2) is 28.8 Å². The molecule has 0 amide bonds. The number of rotatable bonds is 10. The molecule has 1 aromatic carbocycles. The van der Waals surface area contributed by atoms with Crippen LogP contribution in [0.4, 0.5) is 10.2 Å². The standard InChI is InChI=1S/C29H33FN6O6/c1-16(2)35-14-20(28(39)36(29(35)40)19-7-10-41-11-8-19)22(38)13-18-4-5-23(21(30)12-18)42-24-6-9-31-26-25(24)27(34-33-26)32-17(3)15-37/h4-6,9,12,14,16-17,19,37H,7-8,10-11,13,15H2,1-3H3,(H2,31,32,33,34)/t17-/m1/s1. The number of pyridine rings is 1. The minimum atomic E-state index is -0.709. The van der Waals surface area contributed by atoms with Crippen molar-refractivity contribution in [1.82, 2.24) is 24.3 Å². The summed E-state index contributed by atoms with van der Waals surface area (Å²) in [5, 5.41) is 19.9. The number of aromatic nitrogens is 5. The van der Waals surface area contributed by atoms with E-state index in [0.29, 0.717) is 48.5 Å². The Hall–Kier alpha value is -4.36. The van der Waals surface area contributed by atoms with Gasteiger partial charge in [0.2, 0.25) is 0 Å². The number of ketones is 1. The second-order valence-corrected chi connectivity index (χ2v) is 10.6. The van der Waals surface area contributed by atoms with E-state index in [-0.39, 0.29) is 48.2 Å². The fourth-order valence-electron chi connectivity index (χ4n) is 4.94. The van der Waals surface area contributed by atoms with Crippen molar-refractivity contribution in [3.8, 4) is 11.5 Å². The zero-order valence-electron chi connectivity index (χ0n) is 23.6. The second-order valence-electron chi connectivity index (χ2n) is 10.6. The summed E-state index contributed by atoms with van der Waals surface area (Å²) < 4.78 is 29.1. The molecule has 0 unspecified atom stereocenters. The third-order valence-electron chi connectivity index (χ3n) is 7.22. The van der Waals surface area contributed by atoms with Crippen LogP contribution in [0.2, 0.25) is 0 Å². The molecule has 1 saturated heterocycles. The van der Waals surface area contributed by atoms with Crippen LogP contribution in [0.1, 0.15) is 61.6 Å². The summed E-state index contributed by atoms with van der Waals surface area (Å²) in [7, 11) is 0. The number of hydrogen-bond donors (Lipinski definition) is 3. The fraction of sp³-hybridized carbons (Fsp3) is 0.414. The predicted molar refractivity (Wildman–Crippen MR) is 153 cm³/mol. The summed E-state index contributed by atoms with van der Waals surface area (Å²) >= 11 is 0. The maximum atomic E-state index is 15.2. The number of aliphatic hydroxyl groups is 1. The number of anilines is 1.